The number of aromatic amines is 1. The molecular formula is C28H28N6O. The zero-order valence-electron chi connectivity index (χ0n) is 20.0. The molecule has 35 heavy (non-hydrogen) atoms. The maximum absolute atomic E-state index is 13.0. The van der Waals surface area contributed by atoms with Crippen LogP contribution in [0.1, 0.15) is 33.6 Å². The first-order valence-corrected chi connectivity index (χ1v) is 11.7. The molecule has 0 aliphatic rings. The lowest BCUT2D eigenvalue weighted by Gasteiger charge is -2.22. The van der Waals surface area contributed by atoms with Crippen molar-refractivity contribution >= 4 is 10.9 Å². The number of aromatic nitrogens is 5. The van der Waals surface area contributed by atoms with Crippen LogP contribution in [0, 0.1) is 13.8 Å². The van der Waals surface area contributed by atoms with Gasteiger partial charge in [-0.25, -0.2) is 4.68 Å². The molecule has 2 heterocycles. The Labute approximate surface area is 204 Å². The molecule has 0 aliphatic carbocycles. The van der Waals surface area contributed by atoms with Crippen LogP contribution < -0.4 is 5.56 Å². The van der Waals surface area contributed by atoms with Gasteiger partial charge in [0.1, 0.15) is 0 Å². The van der Waals surface area contributed by atoms with Gasteiger partial charge in [-0.15, -0.1) is 5.10 Å². The van der Waals surface area contributed by atoms with Crippen LogP contribution in [0.3, 0.4) is 0 Å². The summed E-state index contributed by atoms with van der Waals surface area (Å²) >= 11 is 0. The lowest BCUT2D eigenvalue weighted by atomic mass is 10.0. The topological polar surface area (TPSA) is 79.7 Å². The molecular weight excluding hydrogens is 436 g/mol. The maximum Gasteiger partial charge on any atom is 0.252 e. The van der Waals surface area contributed by atoms with Gasteiger partial charge in [-0.05, 0) is 58.7 Å². The Balaban J connectivity index is 1.46. The molecule has 0 unspecified atom stereocenters. The SMILES string of the molecule is Cc1cc(C)c2cc(CN(Cc3ccccc3)Cc3nnnn3Cc3ccccc3)c(=O)[nH]c2c1. The zero-order valence-corrected chi connectivity index (χ0v) is 20.0. The molecule has 7 nitrogen and oxygen atoms in total. The zero-order chi connectivity index (χ0) is 24.2. The number of pyridine rings is 1. The fourth-order valence-electron chi connectivity index (χ4n) is 4.50. The number of rotatable bonds is 8. The van der Waals surface area contributed by atoms with E-state index in [4.69, 9.17) is 0 Å². The van der Waals surface area contributed by atoms with Crippen LogP contribution in [0.2, 0.25) is 0 Å². The van der Waals surface area contributed by atoms with E-state index in [0.29, 0.717) is 26.2 Å². The smallest absolute Gasteiger partial charge is 0.252 e. The lowest BCUT2D eigenvalue weighted by Crippen LogP contribution is -2.28. The van der Waals surface area contributed by atoms with Crippen molar-refractivity contribution in [1.29, 1.82) is 0 Å². The number of nitrogens with zero attached hydrogens (tertiary/aromatic N) is 5. The molecule has 0 amide bonds. The Hall–Kier alpha value is -4.10. The van der Waals surface area contributed by atoms with E-state index < -0.39 is 0 Å². The van der Waals surface area contributed by atoms with Crippen molar-refractivity contribution in [3.05, 3.63) is 123 Å². The molecule has 7 heteroatoms. The highest BCUT2D eigenvalue weighted by atomic mass is 16.1. The van der Waals surface area contributed by atoms with Gasteiger partial charge in [0.25, 0.3) is 5.56 Å². The van der Waals surface area contributed by atoms with Crippen molar-refractivity contribution in [1.82, 2.24) is 30.1 Å². The average Bonchev–Trinajstić information content (AvgIpc) is 3.27. The van der Waals surface area contributed by atoms with Gasteiger partial charge in [-0.1, -0.05) is 66.7 Å². The predicted octanol–water partition coefficient (Wildman–Crippen LogP) is 4.38. The first kappa shape index (κ1) is 22.7. The van der Waals surface area contributed by atoms with Crippen molar-refractivity contribution in [2.75, 3.05) is 0 Å². The molecule has 0 saturated carbocycles. The largest absolute Gasteiger partial charge is 0.322 e. The van der Waals surface area contributed by atoms with Crippen LogP contribution in [0.15, 0.2) is 83.7 Å². The highest BCUT2D eigenvalue weighted by molar-refractivity contribution is 5.83. The molecule has 3 aromatic carbocycles. The van der Waals surface area contributed by atoms with Crippen LogP contribution in [-0.4, -0.2) is 30.1 Å². The Morgan fingerprint density at radius 1 is 0.857 bits per heavy atom. The minimum Gasteiger partial charge on any atom is -0.322 e. The third kappa shape index (κ3) is 5.36. The van der Waals surface area contributed by atoms with Gasteiger partial charge in [0.05, 0.1) is 13.1 Å². The summed E-state index contributed by atoms with van der Waals surface area (Å²) in [5.74, 6) is 0.758. The van der Waals surface area contributed by atoms with Gasteiger partial charge < -0.3 is 4.98 Å². The van der Waals surface area contributed by atoms with E-state index in [1.54, 1.807) is 0 Å². The summed E-state index contributed by atoms with van der Waals surface area (Å²) in [5, 5.41) is 13.5. The molecule has 2 aromatic heterocycles. The average molecular weight is 465 g/mol. The summed E-state index contributed by atoms with van der Waals surface area (Å²) in [6.07, 6.45) is 0. The summed E-state index contributed by atoms with van der Waals surface area (Å²) in [6.45, 7) is 6.38. The fourth-order valence-corrected chi connectivity index (χ4v) is 4.50. The number of nitrogens with one attached hydrogen (secondary N) is 1. The Morgan fingerprint density at radius 2 is 1.57 bits per heavy atom. The maximum atomic E-state index is 13.0. The number of fused-ring (bicyclic) bond motifs is 1. The van der Waals surface area contributed by atoms with E-state index in [9.17, 15) is 4.79 Å². The molecule has 0 radical (unpaired) electrons. The number of hydrogen-bond donors (Lipinski definition) is 1. The van der Waals surface area contributed by atoms with E-state index in [1.807, 2.05) is 60.1 Å². The van der Waals surface area contributed by atoms with Gasteiger partial charge in [-0.3, -0.25) is 9.69 Å². The standard InChI is InChI=1S/C28H28N6O/c1-20-13-21(2)25-15-24(28(35)29-26(25)14-20)18-33(16-22-9-5-3-6-10-22)19-27-30-31-32-34(27)17-23-11-7-4-8-12-23/h3-15H,16-19H2,1-2H3,(H,29,35). The van der Waals surface area contributed by atoms with Crippen molar-refractivity contribution in [2.45, 2.75) is 40.0 Å². The van der Waals surface area contributed by atoms with Gasteiger partial charge >= 0.3 is 0 Å². The fraction of sp³-hybridized carbons (Fsp3) is 0.214. The monoisotopic (exact) mass is 464 g/mol. The highest BCUT2D eigenvalue weighted by Gasteiger charge is 2.16. The Kier molecular flexibility index (Phi) is 6.50. The van der Waals surface area contributed by atoms with Crippen molar-refractivity contribution < 1.29 is 0 Å². The summed E-state index contributed by atoms with van der Waals surface area (Å²) in [6, 6.07) is 26.6. The number of H-pyrrole nitrogens is 1. The molecule has 0 saturated heterocycles. The minimum absolute atomic E-state index is 0.0653. The predicted molar refractivity (Wildman–Crippen MR) is 137 cm³/mol. The molecule has 0 aliphatic heterocycles. The van der Waals surface area contributed by atoms with Crippen LogP contribution >= 0.6 is 0 Å². The van der Waals surface area contributed by atoms with Crippen molar-refractivity contribution in [3.8, 4) is 0 Å². The second kappa shape index (κ2) is 10.0. The van der Waals surface area contributed by atoms with Crippen LogP contribution in [-0.2, 0) is 26.2 Å². The molecule has 0 spiro atoms. The normalized spacial score (nSPS) is 11.4. The molecule has 0 bridgehead atoms. The first-order chi connectivity index (χ1) is 17.0. The summed E-state index contributed by atoms with van der Waals surface area (Å²) < 4.78 is 1.82. The molecule has 0 atom stereocenters. The van der Waals surface area contributed by atoms with Crippen LogP contribution in [0.5, 0.6) is 0 Å². The van der Waals surface area contributed by atoms with Crippen LogP contribution in [0.4, 0.5) is 0 Å². The summed E-state index contributed by atoms with van der Waals surface area (Å²) in [4.78, 5) is 18.3. The second-order valence-corrected chi connectivity index (χ2v) is 9.04. The third-order valence-corrected chi connectivity index (χ3v) is 6.18. The van der Waals surface area contributed by atoms with Gasteiger partial charge in [0.15, 0.2) is 5.82 Å². The number of tetrazole rings is 1. The summed E-state index contributed by atoms with van der Waals surface area (Å²) in [7, 11) is 0. The van der Waals surface area contributed by atoms with E-state index in [2.05, 4.69) is 62.7 Å². The summed E-state index contributed by atoms with van der Waals surface area (Å²) in [5.41, 5.74) is 6.11. The highest BCUT2D eigenvalue weighted by Crippen LogP contribution is 2.20. The van der Waals surface area contributed by atoms with E-state index >= 15 is 0 Å². The van der Waals surface area contributed by atoms with Gasteiger partial charge in [-0.2, -0.15) is 0 Å². The lowest BCUT2D eigenvalue weighted by molar-refractivity contribution is 0.236. The first-order valence-electron chi connectivity index (χ1n) is 11.7. The third-order valence-electron chi connectivity index (χ3n) is 6.18. The minimum atomic E-state index is -0.0653. The van der Waals surface area contributed by atoms with E-state index in [1.165, 1.54) is 5.56 Å². The molecule has 0 fully saturated rings. The van der Waals surface area contributed by atoms with Gasteiger partial charge in [0.2, 0.25) is 0 Å². The van der Waals surface area contributed by atoms with E-state index in [-0.39, 0.29) is 5.56 Å². The molecule has 176 valence electrons. The number of aryl methyl sites for hydroxylation is 2. The molecule has 5 aromatic rings. The Bertz CT molecular complexity index is 1490. The Morgan fingerprint density at radius 3 is 2.31 bits per heavy atom. The number of hydrogen-bond acceptors (Lipinski definition) is 5. The van der Waals surface area contributed by atoms with E-state index in [0.717, 1.165) is 39.0 Å². The van der Waals surface area contributed by atoms with Crippen molar-refractivity contribution in [2.24, 2.45) is 0 Å². The molecule has 1 N–H and O–H groups in total. The quantitative estimate of drug-likeness (QED) is 0.369. The van der Waals surface area contributed by atoms with Crippen LogP contribution in [0.25, 0.3) is 10.9 Å². The molecule has 5 rings (SSSR count). The van der Waals surface area contributed by atoms with Crippen molar-refractivity contribution in [3.63, 3.8) is 0 Å². The number of benzene rings is 3. The second-order valence-electron chi connectivity index (χ2n) is 9.04. The van der Waals surface area contributed by atoms with Gasteiger partial charge in [0, 0.05) is 29.6 Å².